The Bertz CT molecular complexity index is 649. The number of anilines is 1. The summed E-state index contributed by atoms with van der Waals surface area (Å²) in [4.78, 5) is 13.6. The highest BCUT2D eigenvalue weighted by atomic mass is 32.2. The normalized spacial score (nSPS) is 24.3. The number of nitrogens with two attached hydrogens (primary N) is 1. The highest BCUT2D eigenvalue weighted by Gasteiger charge is 2.31. The number of thiophene rings is 1. The van der Waals surface area contributed by atoms with E-state index >= 15 is 0 Å². The summed E-state index contributed by atoms with van der Waals surface area (Å²) in [7, 11) is -2.98. The Labute approximate surface area is 122 Å². The van der Waals surface area contributed by atoms with Crippen LogP contribution in [0.5, 0.6) is 0 Å². The molecule has 0 spiro atoms. The maximum atomic E-state index is 12.4. The summed E-state index contributed by atoms with van der Waals surface area (Å²) in [5.74, 6) is 0.00385. The first-order valence-electron chi connectivity index (χ1n) is 6.87. The lowest BCUT2D eigenvalue weighted by atomic mass is 9.95. The molecule has 1 amide bonds. The van der Waals surface area contributed by atoms with Crippen LogP contribution in [0.15, 0.2) is 0 Å². The molecule has 2 aliphatic rings. The van der Waals surface area contributed by atoms with Crippen LogP contribution in [0, 0.1) is 0 Å². The van der Waals surface area contributed by atoms with Crippen molar-refractivity contribution in [1.82, 2.24) is 5.32 Å². The van der Waals surface area contributed by atoms with Crippen molar-refractivity contribution in [3.63, 3.8) is 0 Å². The standard InChI is InChI=1S/C13H18N2O3S2/c14-12-11(9-3-1-2-4-10(9)19-12)13(16)15-8-5-6-20(17,18)7-8/h8H,1-7,14H2,(H,15,16). The smallest absolute Gasteiger partial charge is 0.254 e. The SMILES string of the molecule is Nc1sc2c(c1C(=O)NC1CCS(=O)(=O)C1)CCCC2. The topological polar surface area (TPSA) is 89.3 Å². The van der Waals surface area contributed by atoms with Crippen molar-refractivity contribution in [2.45, 2.75) is 38.1 Å². The second kappa shape index (κ2) is 5.04. The van der Waals surface area contributed by atoms with Gasteiger partial charge in [0.15, 0.2) is 9.84 Å². The molecule has 3 rings (SSSR count). The number of hydrogen-bond acceptors (Lipinski definition) is 5. The number of aryl methyl sites for hydroxylation is 1. The van der Waals surface area contributed by atoms with Crippen LogP contribution in [-0.4, -0.2) is 31.9 Å². The number of sulfone groups is 1. The van der Waals surface area contributed by atoms with E-state index < -0.39 is 9.84 Å². The molecule has 1 aliphatic carbocycles. The predicted molar refractivity (Wildman–Crippen MR) is 79.9 cm³/mol. The highest BCUT2D eigenvalue weighted by molar-refractivity contribution is 7.91. The van der Waals surface area contributed by atoms with E-state index in [-0.39, 0.29) is 23.5 Å². The van der Waals surface area contributed by atoms with Crippen LogP contribution in [-0.2, 0) is 22.7 Å². The van der Waals surface area contributed by atoms with Gasteiger partial charge in [0, 0.05) is 10.9 Å². The summed E-state index contributed by atoms with van der Waals surface area (Å²) < 4.78 is 22.9. The van der Waals surface area contributed by atoms with Gasteiger partial charge in [0.05, 0.1) is 22.1 Å². The minimum Gasteiger partial charge on any atom is -0.390 e. The fraction of sp³-hybridized carbons (Fsp3) is 0.615. The summed E-state index contributed by atoms with van der Waals surface area (Å²) >= 11 is 1.50. The minimum atomic E-state index is -2.98. The third-order valence-corrected chi connectivity index (χ3v) is 6.88. The molecule has 1 aromatic rings. The number of carbonyl (C=O) groups excluding carboxylic acids is 1. The fourth-order valence-corrected chi connectivity index (χ4v) is 5.83. The summed E-state index contributed by atoms with van der Waals surface area (Å²) in [5, 5.41) is 3.40. The molecule has 3 N–H and O–H groups in total. The molecule has 1 aliphatic heterocycles. The van der Waals surface area contributed by atoms with Gasteiger partial charge in [-0.05, 0) is 37.7 Å². The molecule has 0 radical (unpaired) electrons. The molecule has 5 nitrogen and oxygen atoms in total. The Morgan fingerprint density at radius 2 is 2.05 bits per heavy atom. The molecule has 0 saturated carbocycles. The summed E-state index contributed by atoms with van der Waals surface area (Å²) in [6.45, 7) is 0. The third-order valence-electron chi connectivity index (χ3n) is 3.99. The number of amides is 1. The van der Waals surface area contributed by atoms with Gasteiger partial charge in [0.2, 0.25) is 0 Å². The van der Waals surface area contributed by atoms with Gasteiger partial charge in [0.1, 0.15) is 0 Å². The van der Waals surface area contributed by atoms with Crippen LogP contribution in [0.1, 0.15) is 40.1 Å². The van der Waals surface area contributed by atoms with Crippen LogP contribution in [0.3, 0.4) is 0 Å². The van der Waals surface area contributed by atoms with Crippen LogP contribution >= 0.6 is 11.3 Å². The van der Waals surface area contributed by atoms with Crippen molar-refractivity contribution < 1.29 is 13.2 Å². The second-order valence-corrected chi connectivity index (χ2v) is 8.89. The van der Waals surface area contributed by atoms with Crippen molar-refractivity contribution >= 4 is 32.1 Å². The lowest BCUT2D eigenvalue weighted by Crippen LogP contribution is -2.36. The Morgan fingerprint density at radius 1 is 1.30 bits per heavy atom. The van der Waals surface area contributed by atoms with Crippen molar-refractivity contribution in [1.29, 1.82) is 0 Å². The zero-order valence-corrected chi connectivity index (χ0v) is 12.8. The summed E-state index contributed by atoms with van der Waals surface area (Å²) in [6.07, 6.45) is 4.63. The predicted octanol–water partition coefficient (Wildman–Crippen LogP) is 1.13. The molecule has 1 saturated heterocycles. The molecule has 1 unspecified atom stereocenters. The minimum absolute atomic E-state index is 0.0466. The lowest BCUT2D eigenvalue weighted by molar-refractivity contribution is 0.0941. The average Bonchev–Trinajstić information content (AvgIpc) is 2.88. The highest BCUT2D eigenvalue weighted by Crippen LogP contribution is 2.36. The molecular weight excluding hydrogens is 296 g/mol. The first-order chi connectivity index (χ1) is 9.46. The molecule has 1 aromatic heterocycles. The molecule has 7 heteroatoms. The zero-order chi connectivity index (χ0) is 14.3. The Morgan fingerprint density at radius 3 is 2.75 bits per heavy atom. The number of carbonyl (C=O) groups is 1. The van der Waals surface area contributed by atoms with Gasteiger partial charge in [-0.1, -0.05) is 0 Å². The van der Waals surface area contributed by atoms with Crippen LogP contribution < -0.4 is 11.1 Å². The largest absolute Gasteiger partial charge is 0.390 e. The summed E-state index contributed by atoms with van der Waals surface area (Å²) in [6, 6.07) is -0.272. The maximum absolute atomic E-state index is 12.4. The van der Waals surface area contributed by atoms with Gasteiger partial charge in [-0.2, -0.15) is 0 Å². The van der Waals surface area contributed by atoms with E-state index in [1.165, 1.54) is 16.2 Å². The van der Waals surface area contributed by atoms with Crippen molar-refractivity contribution in [2.24, 2.45) is 0 Å². The van der Waals surface area contributed by atoms with Crippen molar-refractivity contribution in [3.8, 4) is 0 Å². The van der Waals surface area contributed by atoms with Gasteiger partial charge in [-0.25, -0.2) is 8.42 Å². The van der Waals surface area contributed by atoms with Gasteiger partial charge in [-0.3, -0.25) is 4.79 Å². The Kier molecular flexibility index (Phi) is 3.50. The molecule has 0 bridgehead atoms. The molecule has 0 aromatic carbocycles. The number of hydrogen-bond donors (Lipinski definition) is 2. The van der Waals surface area contributed by atoms with E-state index in [1.807, 2.05) is 0 Å². The zero-order valence-electron chi connectivity index (χ0n) is 11.1. The average molecular weight is 314 g/mol. The van der Waals surface area contributed by atoms with E-state index in [4.69, 9.17) is 5.73 Å². The molecule has 2 heterocycles. The van der Waals surface area contributed by atoms with E-state index in [2.05, 4.69) is 5.32 Å². The van der Waals surface area contributed by atoms with Crippen LogP contribution in [0.25, 0.3) is 0 Å². The van der Waals surface area contributed by atoms with Gasteiger partial charge < -0.3 is 11.1 Å². The van der Waals surface area contributed by atoms with Crippen molar-refractivity contribution in [2.75, 3.05) is 17.2 Å². The van der Waals surface area contributed by atoms with Gasteiger partial charge in [-0.15, -0.1) is 11.3 Å². The Hall–Kier alpha value is -1.08. The van der Waals surface area contributed by atoms with E-state index in [1.54, 1.807) is 0 Å². The van der Waals surface area contributed by atoms with Gasteiger partial charge >= 0.3 is 0 Å². The third kappa shape index (κ3) is 2.56. The first kappa shape index (κ1) is 13.9. The fourth-order valence-electron chi connectivity index (χ4n) is 3.00. The lowest BCUT2D eigenvalue weighted by Gasteiger charge is -2.14. The van der Waals surface area contributed by atoms with Crippen molar-refractivity contribution in [3.05, 3.63) is 16.0 Å². The maximum Gasteiger partial charge on any atom is 0.254 e. The second-order valence-electron chi connectivity index (χ2n) is 5.52. The summed E-state index contributed by atoms with van der Waals surface area (Å²) in [5.41, 5.74) is 7.66. The van der Waals surface area contributed by atoms with Crippen LogP contribution in [0.2, 0.25) is 0 Å². The number of nitrogen functional groups attached to an aromatic ring is 1. The number of fused-ring (bicyclic) bond motifs is 1. The number of nitrogens with one attached hydrogen (secondary N) is 1. The monoisotopic (exact) mass is 314 g/mol. The quantitative estimate of drug-likeness (QED) is 0.856. The molecule has 20 heavy (non-hydrogen) atoms. The van der Waals surface area contributed by atoms with Gasteiger partial charge in [0.25, 0.3) is 5.91 Å². The van der Waals surface area contributed by atoms with Crippen LogP contribution in [0.4, 0.5) is 5.00 Å². The molecular formula is C13H18N2O3S2. The molecule has 110 valence electrons. The van der Waals surface area contributed by atoms with E-state index in [0.29, 0.717) is 17.0 Å². The molecule has 1 atom stereocenters. The van der Waals surface area contributed by atoms with E-state index in [0.717, 1.165) is 31.2 Å². The first-order valence-corrected chi connectivity index (χ1v) is 9.51. The van der Waals surface area contributed by atoms with E-state index in [9.17, 15) is 13.2 Å². The molecule has 1 fully saturated rings. The number of rotatable bonds is 2. The Balaban J connectivity index is 1.79.